The molecule has 0 saturated heterocycles. The summed E-state index contributed by atoms with van der Waals surface area (Å²) in [4.78, 5) is 30.7. The molecule has 1 aliphatic heterocycles. The van der Waals surface area contributed by atoms with Gasteiger partial charge in [-0.25, -0.2) is 4.98 Å². The van der Waals surface area contributed by atoms with Crippen LogP contribution in [0.1, 0.15) is 36.8 Å². The van der Waals surface area contributed by atoms with Crippen molar-refractivity contribution in [2.45, 2.75) is 38.6 Å². The zero-order valence-corrected chi connectivity index (χ0v) is 23.8. The van der Waals surface area contributed by atoms with Gasteiger partial charge in [-0.3, -0.25) is 9.59 Å². The highest BCUT2D eigenvalue weighted by atomic mass is 16.5. The molecule has 226 valence electrons. The normalized spacial score (nSPS) is 14.9. The molecule has 41 heavy (non-hydrogen) atoms. The summed E-state index contributed by atoms with van der Waals surface area (Å²) in [7, 11) is 0. The molecule has 1 atom stereocenters. The molecular formula is C30H44N4O7. The summed E-state index contributed by atoms with van der Waals surface area (Å²) in [6.07, 6.45) is 4.23. The fourth-order valence-electron chi connectivity index (χ4n) is 4.52. The highest BCUT2D eigenvalue weighted by Gasteiger charge is 2.31. The van der Waals surface area contributed by atoms with Gasteiger partial charge < -0.3 is 40.0 Å². The molecule has 1 aliphatic rings. The minimum absolute atomic E-state index is 0.135. The molecule has 1 amide bonds. The van der Waals surface area contributed by atoms with Crippen molar-refractivity contribution in [2.24, 2.45) is 11.7 Å². The number of benzene rings is 1. The van der Waals surface area contributed by atoms with Crippen molar-refractivity contribution in [3.63, 3.8) is 0 Å². The number of ether oxygens (including phenoxy) is 4. The van der Waals surface area contributed by atoms with Gasteiger partial charge >= 0.3 is 5.97 Å². The molecule has 1 unspecified atom stereocenters. The minimum Gasteiger partial charge on any atom is -0.494 e. The molecule has 4 N–H and O–H groups in total. The van der Waals surface area contributed by atoms with Crippen LogP contribution in [0.4, 0.5) is 5.82 Å². The third-order valence-electron chi connectivity index (χ3n) is 6.60. The standard InChI is InChI=1S/C30H44N4O7/c31-9-3-13-38-16-18-40-19-17-39-14-5-12-34-23-26-21-27(41-15-4-11-33-28-6-1-2-10-32-28)8-7-24(26)20-25(30(34)37)22-29(35)36/h1-2,6-8,10,21,25H,3-5,9,11-20,22-23,31H2,(H,32,33)(H,35,36). The summed E-state index contributed by atoms with van der Waals surface area (Å²) < 4.78 is 22.5. The number of fused-ring (bicyclic) bond motifs is 1. The number of pyridine rings is 1. The zero-order valence-electron chi connectivity index (χ0n) is 23.8. The maximum Gasteiger partial charge on any atom is 0.304 e. The number of carboxylic acids is 1. The zero-order chi connectivity index (χ0) is 29.1. The van der Waals surface area contributed by atoms with Gasteiger partial charge in [0.25, 0.3) is 0 Å². The van der Waals surface area contributed by atoms with E-state index in [0.717, 1.165) is 42.1 Å². The Labute approximate surface area is 242 Å². The number of carbonyl (C=O) groups is 2. The number of nitrogens with zero attached hydrogens (tertiary/aromatic N) is 2. The van der Waals surface area contributed by atoms with E-state index in [1.807, 2.05) is 36.4 Å². The van der Waals surface area contributed by atoms with Crippen LogP contribution >= 0.6 is 0 Å². The van der Waals surface area contributed by atoms with Crippen molar-refractivity contribution in [1.29, 1.82) is 0 Å². The number of nitrogens with two attached hydrogens (primary N) is 1. The van der Waals surface area contributed by atoms with E-state index < -0.39 is 11.9 Å². The summed E-state index contributed by atoms with van der Waals surface area (Å²) >= 11 is 0. The van der Waals surface area contributed by atoms with Gasteiger partial charge in [0.2, 0.25) is 5.91 Å². The summed E-state index contributed by atoms with van der Waals surface area (Å²) in [6.45, 7) is 5.87. The van der Waals surface area contributed by atoms with E-state index in [-0.39, 0.29) is 12.3 Å². The summed E-state index contributed by atoms with van der Waals surface area (Å²) in [5.41, 5.74) is 7.39. The van der Waals surface area contributed by atoms with Crippen molar-refractivity contribution < 1.29 is 33.6 Å². The second kappa shape index (κ2) is 19.0. The van der Waals surface area contributed by atoms with Gasteiger partial charge in [0, 0.05) is 39.0 Å². The molecule has 2 aromatic rings. The molecular weight excluding hydrogens is 528 g/mol. The number of nitrogens with one attached hydrogen (secondary N) is 1. The highest BCUT2D eigenvalue weighted by molar-refractivity contribution is 5.84. The van der Waals surface area contributed by atoms with Crippen LogP contribution in [-0.4, -0.2) is 92.7 Å². The molecule has 2 heterocycles. The number of hydrogen-bond acceptors (Lipinski definition) is 9. The van der Waals surface area contributed by atoms with E-state index >= 15 is 0 Å². The van der Waals surface area contributed by atoms with E-state index in [0.29, 0.717) is 78.7 Å². The van der Waals surface area contributed by atoms with Crippen LogP contribution in [-0.2, 0) is 36.8 Å². The average molecular weight is 573 g/mol. The van der Waals surface area contributed by atoms with Crippen molar-refractivity contribution in [3.05, 3.63) is 53.7 Å². The number of aliphatic carboxylic acids is 1. The number of carboxylic acid groups (broad SMARTS) is 1. The van der Waals surface area contributed by atoms with Crippen LogP contribution < -0.4 is 15.8 Å². The van der Waals surface area contributed by atoms with Crippen LogP contribution in [0, 0.1) is 5.92 Å². The summed E-state index contributed by atoms with van der Waals surface area (Å²) in [5, 5.41) is 12.7. The first-order chi connectivity index (χ1) is 20.1. The average Bonchev–Trinajstić information content (AvgIpc) is 3.09. The second-order valence-corrected chi connectivity index (χ2v) is 9.87. The van der Waals surface area contributed by atoms with E-state index in [1.165, 1.54) is 0 Å². The summed E-state index contributed by atoms with van der Waals surface area (Å²) in [6, 6.07) is 11.5. The lowest BCUT2D eigenvalue weighted by atomic mass is 9.94. The molecule has 0 fully saturated rings. The molecule has 0 saturated carbocycles. The molecule has 1 aromatic carbocycles. The molecule has 0 bridgehead atoms. The number of aromatic nitrogens is 1. The van der Waals surface area contributed by atoms with Crippen LogP contribution in [0.5, 0.6) is 5.75 Å². The lowest BCUT2D eigenvalue weighted by molar-refractivity contribution is -0.144. The third kappa shape index (κ3) is 12.4. The minimum atomic E-state index is -0.973. The van der Waals surface area contributed by atoms with Gasteiger partial charge in [-0.1, -0.05) is 12.1 Å². The van der Waals surface area contributed by atoms with Crippen LogP contribution in [0.2, 0.25) is 0 Å². The molecule has 0 aliphatic carbocycles. The van der Waals surface area contributed by atoms with Crippen molar-refractivity contribution in [3.8, 4) is 5.75 Å². The molecule has 0 spiro atoms. The Morgan fingerprint density at radius 2 is 1.73 bits per heavy atom. The van der Waals surface area contributed by atoms with Crippen LogP contribution in [0.3, 0.4) is 0 Å². The van der Waals surface area contributed by atoms with Crippen molar-refractivity contribution >= 4 is 17.7 Å². The quantitative estimate of drug-likeness (QED) is 0.191. The number of anilines is 1. The largest absolute Gasteiger partial charge is 0.494 e. The number of hydrogen-bond donors (Lipinski definition) is 3. The molecule has 11 heteroatoms. The van der Waals surface area contributed by atoms with E-state index in [2.05, 4.69) is 10.3 Å². The Morgan fingerprint density at radius 1 is 0.976 bits per heavy atom. The van der Waals surface area contributed by atoms with Gasteiger partial charge in [-0.2, -0.15) is 0 Å². The third-order valence-corrected chi connectivity index (χ3v) is 6.60. The Kier molecular flexibility index (Phi) is 14.9. The van der Waals surface area contributed by atoms with Gasteiger partial charge in [0.15, 0.2) is 0 Å². The predicted octanol–water partition coefficient (Wildman–Crippen LogP) is 2.73. The molecule has 1 aromatic heterocycles. The smallest absolute Gasteiger partial charge is 0.304 e. The number of amides is 1. The maximum absolute atomic E-state index is 13.3. The SMILES string of the molecule is NCCCOCCOCCOCCCN1Cc2cc(OCCCNc3ccccn3)ccc2CC(CC(=O)O)C1=O. The van der Waals surface area contributed by atoms with E-state index in [4.69, 9.17) is 24.7 Å². The first-order valence-corrected chi connectivity index (χ1v) is 14.4. The monoisotopic (exact) mass is 572 g/mol. The molecule has 11 nitrogen and oxygen atoms in total. The number of carbonyl (C=O) groups excluding carboxylic acids is 1. The van der Waals surface area contributed by atoms with Crippen LogP contribution in [0.15, 0.2) is 42.6 Å². The Morgan fingerprint density at radius 3 is 2.44 bits per heavy atom. The Hall–Kier alpha value is -3.25. The number of rotatable bonds is 21. The highest BCUT2D eigenvalue weighted by Crippen LogP contribution is 2.28. The molecule has 3 rings (SSSR count). The van der Waals surface area contributed by atoms with Gasteiger partial charge in [-0.05, 0) is 67.6 Å². The lowest BCUT2D eigenvalue weighted by Gasteiger charge is -2.24. The summed E-state index contributed by atoms with van der Waals surface area (Å²) in [5.74, 6) is -0.140. The first kappa shape index (κ1) is 32.3. The first-order valence-electron chi connectivity index (χ1n) is 14.4. The Bertz CT molecular complexity index is 1040. The second-order valence-electron chi connectivity index (χ2n) is 9.87. The lowest BCUT2D eigenvalue weighted by Crippen LogP contribution is -2.36. The topological polar surface area (TPSA) is 145 Å². The van der Waals surface area contributed by atoms with E-state index in [9.17, 15) is 14.7 Å². The maximum atomic E-state index is 13.3. The van der Waals surface area contributed by atoms with Gasteiger partial charge in [0.05, 0.1) is 45.4 Å². The Balaban J connectivity index is 1.43. The van der Waals surface area contributed by atoms with Gasteiger partial charge in [0.1, 0.15) is 11.6 Å². The predicted molar refractivity (Wildman–Crippen MR) is 155 cm³/mol. The molecule has 0 radical (unpaired) electrons. The van der Waals surface area contributed by atoms with Gasteiger partial charge in [-0.15, -0.1) is 0 Å². The van der Waals surface area contributed by atoms with Crippen molar-refractivity contribution in [2.75, 3.05) is 71.2 Å². The van der Waals surface area contributed by atoms with Crippen molar-refractivity contribution in [1.82, 2.24) is 9.88 Å². The fraction of sp³-hybridized carbons (Fsp3) is 0.567. The van der Waals surface area contributed by atoms with E-state index in [1.54, 1.807) is 11.1 Å². The fourth-order valence-corrected chi connectivity index (χ4v) is 4.52. The van der Waals surface area contributed by atoms with Crippen LogP contribution in [0.25, 0.3) is 0 Å².